The second-order valence-electron chi connectivity index (χ2n) is 3.45. The van der Waals surface area contributed by atoms with Crippen molar-refractivity contribution >= 4 is 6.01 Å². The summed E-state index contributed by atoms with van der Waals surface area (Å²) in [5.74, 6) is 0. The van der Waals surface area contributed by atoms with Crippen molar-refractivity contribution in [2.45, 2.75) is 25.8 Å². The van der Waals surface area contributed by atoms with Crippen molar-refractivity contribution in [3.05, 3.63) is 0 Å². The number of nitrogens with zero attached hydrogens (tertiary/aromatic N) is 2. The van der Waals surface area contributed by atoms with Crippen LogP contribution in [0.2, 0.25) is 0 Å². The van der Waals surface area contributed by atoms with Crippen LogP contribution in [0.4, 0.5) is 0 Å². The number of aliphatic imine (C=N–C) groups is 1. The maximum Gasteiger partial charge on any atom is 0.0861 e. The Balaban J connectivity index is 3.81. The van der Waals surface area contributed by atoms with Crippen molar-refractivity contribution in [3.63, 3.8) is 0 Å². The van der Waals surface area contributed by atoms with Gasteiger partial charge < -0.3 is 4.90 Å². The normalized spacial score (nSPS) is 11.4. The quantitative estimate of drug-likeness (QED) is 0.613. The highest BCUT2D eigenvalue weighted by Crippen LogP contribution is 2.14. The molecule has 0 saturated carbocycles. The molecular formula is C8H17N3. The molecule has 3 heteroatoms. The summed E-state index contributed by atoms with van der Waals surface area (Å²) in [6.07, 6.45) is 0.964. The molecule has 0 saturated heterocycles. The Morgan fingerprint density at radius 1 is 1.45 bits per heavy atom. The van der Waals surface area contributed by atoms with E-state index < -0.39 is 0 Å². The van der Waals surface area contributed by atoms with E-state index in [2.05, 4.69) is 23.7 Å². The van der Waals surface area contributed by atoms with Crippen LogP contribution in [-0.2, 0) is 0 Å². The van der Waals surface area contributed by atoms with Gasteiger partial charge in [0.1, 0.15) is 0 Å². The second kappa shape index (κ2) is 4.27. The molecule has 0 aliphatic heterocycles. The molecule has 64 valence electrons. The fourth-order valence-electron chi connectivity index (χ4n) is 0.609. The van der Waals surface area contributed by atoms with Crippen molar-refractivity contribution in [2.24, 2.45) is 4.99 Å². The average molecular weight is 155 g/mol. The van der Waals surface area contributed by atoms with Crippen LogP contribution in [0.15, 0.2) is 4.99 Å². The van der Waals surface area contributed by atoms with Gasteiger partial charge in [-0.05, 0) is 34.4 Å². The molecule has 0 unspecified atom stereocenters. The minimum Gasteiger partial charge on any atom is -0.304 e. The zero-order valence-corrected chi connectivity index (χ0v) is 7.81. The number of nitrogens with one attached hydrogen (secondary N) is 1. The first-order valence-corrected chi connectivity index (χ1v) is 3.76. The molecule has 0 aliphatic rings. The summed E-state index contributed by atoms with van der Waals surface area (Å²) in [4.78, 5) is 5.89. The van der Waals surface area contributed by atoms with Gasteiger partial charge in [0.25, 0.3) is 0 Å². The van der Waals surface area contributed by atoms with Crippen LogP contribution < -0.4 is 0 Å². The van der Waals surface area contributed by atoms with Crippen molar-refractivity contribution in [2.75, 3.05) is 20.6 Å². The lowest BCUT2D eigenvalue weighted by Crippen LogP contribution is -2.38. The van der Waals surface area contributed by atoms with Crippen LogP contribution in [-0.4, -0.2) is 37.1 Å². The van der Waals surface area contributed by atoms with E-state index in [9.17, 15) is 0 Å². The molecule has 3 nitrogen and oxygen atoms in total. The van der Waals surface area contributed by atoms with Gasteiger partial charge in [0.05, 0.1) is 12.6 Å². The molecule has 0 spiro atoms. The predicted octanol–water partition coefficient (Wildman–Crippen LogP) is 1.47. The van der Waals surface area contributed by atoms with Gasteiger partial charge in [-0.15, -0.1) is 0 Å². The second-order valence-corrected chi connectivity index (χ2v) is 3.45. The molecule has 11 heavy (non-hydrogen) atoms. The first-order valence-electron chi connectivity index (χ1n) is 3.76. The standard InChI is InChI=1S/C8H17N3/c1-8(2,11(3)4)5-6-10-7-9/h9H,5-6H2,1-4H3. The molecule has 0 rings (SSSR count). The molecule has 0 amide bonds. The van der Waals surface area contributed by atoms with Gasteiger partial charge in [-0.2, -0.15) is 0 Å². The average Bonchev–Trinajstić information content (AvgIpc) is 1.88. The van der Waals surface area contributed by atoms with E-state index in [4.69, 9.17) is 5.41 Å². The van der Waals surface area contributed by atoms with E-state index in [0.717, 1.165) is 6.42 Å². The summed E-state index contributed by atoms with van der Waals surface area (Å²) in [6, 6.07) is 2.04. The first kappa shape index (κ1) is 10.3. The van der Waals surface area contributed by atoms with Gasteiger partial charge in [-0.1, -0.05) is 0 Å². The highest BCUT2D eigenvalue weighted by atomic mass is 15.1. The zero-order valence-electron chi connectivity index (χ0n) is 7.81. The Morgan fingerprint density at radius 2 is 2.00 bits per heavy atom. The summed E-state index contributed by atoms with van der Waals surface area (Å²) in [6.45, 7) is 5.01. The Kier molecular flexibility index (Phi) is 4.01. The third kappa shape index (κ3) is 3.91. The lowest BCUT2D eigenvalue weighted by Gasteiger charge is -2.31. The summed E-state index contributed by atoms with van der Waals surface area (Å²) in [5, 5.41) is 6.59. The molecule has 0 aromatic carbocycles. The summed E-state index contributed by atoms with van der Waals surface area (Å²) >= 11 is 0. The van der Waals surface area contributed by atoms with E-state index in [1.165, 1.54) is 0 Å². The van der Waals surface area contributed by atoms with Crippen LogP contribution in [0.1, 0.15) is 20.3 Å². The van der Waals surface area contributed by atoms with E-state index in [1.54, 1.807) is 0 Å². The fourth-order valence-corrected chi connectivity index (χ4v) is 0.609. The molecule has 0 heterocycles. The maximum absolute atomic E-state index is 6.59. The molecular weight excluding hydrogens is 138 g/mol. The van der Waals surface area contributed by atoms with Gasteiger partial charge >= 0.3 is 0 Å². The minimum absolute atomic E-state index is 0.167. The molecule has 0 aromatic rings. The Bertz CT molecular complexity index is 155. The SMILES string of the molecule is CN(C)C(C)(C)CCN=C=N. The Hall–Kier alpha value is -0.660. The smallest absolute Gasteiger partial charge is 0.0861 e. The van der Waals surface area contributed by atoms with Gasteiger partial charge in [-0.25, -0.2) is 10.4 Å². The van der Waals surface area contributed by atoms with Crippen molar-refractivity contribution < 1.29 is 0 Å². The van der Waals surface area contributed by atoms with E-state index in [-0.39, 0.29) is 5.54 Å². The van der Waals surface area contributed by atoms with Gasteiger partial charge in [0.15, 0.2) is 0 Å². The van der Waals surface area contributed by atoms with Crippen LogP contribution in [0, 0.1) is 5.41 Å². The zero-order chi connectivity index (χ0) is 8.91. The molecule has 0 aromatic heterocycles. The van der Waals surface area contributed by atoms with Crippen molar-refractivity contribution in [1.82, 2.24) is 4.90 Å². The molecule has 0 fully saturated rings. The highest BCUT2D eigenvalue weighted by molar-refractivity contribution is 5.35. The number of rotatable bonds is 4. The van der Waals surface area contributed by atoms with Crippen LogP contribution in [0.25, 0.3) is 0 Å². The van der Waals surface area contributed by atoms with Gasteiger partial charge in [0.2, 0.25) is 0 Å². The van der Waals surface area contributed by atoms with Crippen LogP contribution in [0.3, 0.4) is 0 Å². The van der Waals surface area contributed by atoms with Gasteiger partial charge in [0, 0.05) is 5.54 Å². The highest BCUT2D eigenvalue weighted by Gasteiger charge is 2.18. The summed E-state index contributed by atoms with van der Waals surface area (Å²) in [7, 11) is 4.10. The lowest BCUT2D eigenvalue weighted by atomic mass is 10.00. The third-order valence-electron chi connectivity index (χ3n) is 2.13. The number of hydrogen-bond donors (Lipinski definition) is 1. The molecule has 1 N–H and O–H groups in total. The van der Waals surface area contributed by atoms with Gasteiger partial charge in [-0.3, -0.25) is 0 Å². The molecule has 0 bridgehead atoms. The van der Waals surface area contributed by atoms with Crippen molar-refractivity contribution in [3.8, 4) is 0 Å². The van der Waals surface area contributed by atoms with Crippen molar-refractivity contribution in [1.29, 1.82) is 5.41 Å². The Labute approximate surface area is 68.6 Å². The maximum atomic E-state index is 6.59. The number of hydrogen-bond acceptors (Lipinski definition) is 3. The third-order valence-corrected chi connectivity index (χ3v) is 2.13. The monoisotopic (exact) mass is 155 g/mol. The first-order chi connectivity index (χ1) is 5.00. The largest absolute Gasteiger partial charge is 0.304 e. The molecule has 0 aliphatic carbocycles. The van der Waals surface area contributed by atoms with E-state index >= 15 is 0 Å². The van der Waals surface area contributed by atoms with E-state index in [0.29, 0.717) is 6.54 Å². The fraction of sp³-hybridized carbons (Fsp3) is 0.875. The van der Waals surface area contributed by atoms with Crippen LogP contribution in [0.5, 0.6) is 0 Å². The van der Waals surface area contributed by atoms with E-state index in [1.807, 2.05) is 20.1 Å². The molecule has 0 radical (unpaired) electrons. The Morgan fingerprint density at radius 3 is 2.36 bits per heavy atom. The molecule has 0 atom stereocenters. The lowest BCUT2D eigenvalue weighted by molar-refractivity contribution is 0.186. The summed E-state index contributed by atoms with van der Waals surface area (Å²) < 4.78 is 0. The van der Waals surface area contributed by atoms with Crippen LogP contribution >= 0.6 is 0 Å². The summed E-state index contributed by atoms with van der Waals surface area (Å²) in [5.41, 5.74) is 0.167. The minimum atomic E-state index is 0.167. The predicted molar refractivity (Wildman–Crippen MR) is 47.4 cm³/mol. The topological polar surface area (TPSA) is 39.5 Å².